The first-order valence-corrected chi connectivity index (χ1v) is 4.59. The van der Waals surface area contributed by atoms with E-state index < -0.39 is 6.10 Å². The van der Waals surface area contributed by atoms with Crippen molar-refractivity contribution < 1.29 is 15.0 Å². The average molecular weight is 194 g/mol. The molecule has 2 N–H and O–H groups in total. The maximum Gasteiger partial charge on any atom is 0.165 e. The predicted molar refractivity (Wildman–Crippen MR) is 52.9 cm³/mol. The molecular weight excluding hydrogens is 180 g/mol. The lowest BCUT2D eigenvalue weighted by molar-refractivity contribution is -0.127. The molecule has 14 heavy (non-hydrogen) atoms. The first-order chi connectivity index (χ1) is 6.74. The Labute approximate surface area is 83.0 Å². The molecule has 0 bridgehead atoms. The molecule has 0 spiro atoms. The van der Waals surface area contributed by atoms with E-state index in [4.69, 9.17) is 5.11 Å². The summed E-state index contributed by atoms with van der Waals surface area (Å²) in [6.45, 7) is -0.165. The van der Waals surface area contributed by atoms with Crippen LogP contribution in [0.1, 0.15) is 12.0 Å². The molecule has 76 valence electrons. The van der Waals surface area contributed by atoms with Crippen LogP contribution in [0.2, 0.25) is 0 Å². The van der Waals surface area contributed by atoms with Crippen LogP contribution >= 0.6 is 0 Å². The third-order valence-electron chi connectivity index (χ3n) is 2.00. The van der Waals surface area contributed by atoms with Crippen molar-refractivity contribution >= 4 is 5.78 Å². The summed E-state index contributed by atoms with van der Waals surface area (Å²) in [5, 5.41) is 17.8. The number of carbonyl (C=O) groups is 1. The Balaban J connectivity index is 2.49. The molecule has 1 unspecified atom stereocenters. The van der Waals surface area contributed by atoms with Gasteiger partial charge in [0.1, 0.15) is 6.10 Å². The summed E-state index contributed by atoms with van der Waals surface area (Å²) < 4.78 is 0. The van der Waals surface area contributed by atoms with Gasteiger partial charge in [-0.3, -0.25) is 4.79 Å². The van der Waals surface area contributed by atoms with E-state index in [0.717, 1.165) is 5.56 Å². The average Bonchev–Trinajstić information content (AvgIpc) is 2.19. The molecule has 1 rings (SSSR count). The summed E-state index contributed by atoms with van der Waals surface area (Å²) in [4.78, 5) is 11.3. The standard InChI is InChI=1S/C11H14O3/c12-7-6-10(13)11(14)8-9-4-2-1-3-5-9/h1-5,10,12-13H,6-8H2. The van der Waals surface area contributed by atoms with Gasteiger partial charge >= 0.3 is 0 Å². The second-order valence-corrected chi connectivity index (χ2v) is 3.16. The largest absolute Gasteiger partial charge is 0.396 e. The topological polar surface area (TPSA) is 57.5 Å². The van der Waals surface area contributed by atoms with Crippen molar-refractivity contribution in [1.82, 2.24) is 0 Å². The maximum atomic E-state index is 11.3. The van der Waals surface area contributed by atoms with E-state index in [9.17, 15) is 9.90 Å². The molecule has 1 atom stereocenters. The number of aliphatic hydroxyl groups is 2. The number of hydrogen-bond donors (Lipinski definition) is 2. The van der Waals surface area contributed by atoms with E-state index in [1.165, 1.54) is 0 Å². The maximum absolute atomic E-state index is 11.3. The highest BCUT2D eigenvalue weighted by Gasteiger charge is 2.14. The number of aliphatic hydroxyl groups excluding tert-OH is 2. The second-order valence-electron chi connectivity index (χ2n) is 3.16. The van der Waals surface area contributed by atoms with Crippen LogP contribution in [0.3, 0.4) is 0 Å². The van der Waals surface area contributed by atoms with Gasteiger partial charge in [-0.1, -0.05) is 30.3 Å². The molecule has 0 fully saturated rings. The fourth-order valence-electron chi connectivity index (χ4n) is 1.20. The molecule has 0 aromatic heterocycles. The third kappa shape index (κ3) is 3.28. The summed E-state index contributed by atoms with van der Waals surface area (Å²) in [5.74, 6) is -0.245. The number of rotatable bonds is 5. The van der Waals surface area contributed by atoms with E-state index in [0.29, 0.717) is 0 Å². The molecule has 0 amide bonds. The van der Waals surface area contributed by atoms with Crippen molar-refractivity contribution in [2.75, 3.05) is 6.61 Å². The van der Waals surface area contributed by atoms with Gasteiger partial charge in [-0.2, -0.15) is 0 Å². The van der Waals surface area contributed by atoms with Crippen molar-refractivity contribution in [3.05, 3.63) is 35.9 Å². The third-order valence-corrected chi connectivity index (χ3v) is 2.00. The van der Waals surface area contributed by atoms with Crippen molar-refractivity contribution in [2.24, 2.45) is 0 Å². The van der Waals surface area contributed by atoms with E-state index in [-0.39, 0.29) is 25.2 Å². The van der Waals surface area contributed by atoms with Crippen molar-refractivity contribution in [1.29, 1.82) is 0 Å². The number of benzene rings is 1. The molecule has 0 aliphatic heterocycles. The summed E-state index contributed by atoms with van der Waals surface area (Å²) in [7, 11) is 0. The Morgan fingerprint density at radius 2 is 1.93 bits per heavy atom. The van der Waals surface area contributed by atoms with E-state index >= 15 is 0 Å². The van der Waals surface area contributed by atoms with Gasteiger partial charge in [0.25, 0.3) is 0 Å². The molecule has 0 heterocycles. The zero-order valence-corrected chi connectivity index (χ0v) is 7.89. The summed E-state index contributed by atoms with van der Waals surface area (Å²) in [6, 6.07) is 9.24. The van der Waals surface area contributed by atoms with Crippen LogP contribution in [-0.4, -0.2) is 28.7 Å². The zero-order chi connectivity index (χ0) is 10.4. The van der Waals surface area contributed by atoms with Crippen LogP contribution in [0.4, 0.5) is 0 Å². The SMILES string of the molecule is O=C(Cc1ccccc1)C(O)CCO. The number of carbonyl (C=O) groups excluding carboxylic acids is 1. The number of ketones is 1. The van der Waals surface area contributed by atoms with Gasteiger partial charge in [0.2, 0.25) is 0 Å². The van der Waals surface area contributed by atoms with E-state index in [1.54, 1.807) is 0 Å². The molecule has 1 aromatic rings. The van der Waals surface area contributed by atoms with Gasteiger partial charge in [-0.25, -0.2) is 0 Å². The molecule has 0 saturated heterocycles. The first-order valence-electron chi connectivity index (χ1n) is 4.59. The van der Waals surface area contributed by atoms with Crippen LogP contribution in [-0.2, 0) is 11.2 Å². The van der Waals surface area contributed by atoms with Crippen molar-refractivity contribution in [2.45, 2.75) is 18.9 Å². The van der Waals surface area contributed by atoms with Crippen LogP contribution < -0.4 is 0 Å². The highest BCUT2D eigenvalue weighted by Crippen LogP contribution is 2.03. The Morgan fingerprint density at radius 3 is 2.50 bits per heavy atom. The van der Waals surface area contributed by atoms with E-state index in [1.807, 2.05) is 30.3 Å². The monoisotopic (exact) mass is 194 g/mol. The van der Waals surface area contributed by atoms with Gasteiger partial charge in [0.05, 0.1) is 0 Å². The Hall–Kier alpha value is -1.19. The minimum atomic E-state index is -1.04. The van der Waals surface area contributed by atoms with Crippen LogP contribution in [0, 0.1) is 0 Å². The van der Waals surface area contributed by atoms with Crippen molar-refractivity contribution in [3.8, 4) is 0 Å². The summed E-state index contributed by atoms with van der Waals surface area (Å²) >= 11 is 0. The minimum Gasteiger partial charge on any atom is -0.396 e. The predicted octanol–water partition coefficient (Wildman–Crippen LogP) is 0.541. The van der Waals surface area contributed by atoms with Gasteiger partial charge in [0.15, 0.2) is 5.78 Å². The van der Waals surface area contributed by atoms with E-state index in [2.05, 4.69) is 0 Å². The Bertz CT molecular complexity index is 282. The quantitative estimate of drug-likeness (QED) is 0.719. The molecule has 1 aromatic carbocycles. The van der Waals surface area contributed by atoms with Gasteiger partial charge in [-0.15, -0.1) is 0 Å². The molecule has 0 radical (unpaired) electrons. The lowest BCUT2D eigenvalue weighted by Crippen LogP contribution is -2.23. The lowest BCUT2D eigenvalue weighted by atomic mass is 10.0. The van der Waals surface area contributed by atoms with Gasteiger partial charge in [0, 0.05) is 19.4 Å². The number of Topliss-reactive ketones (excluding diaryl/α,β-unsaturated/α-hetero) is 1. The Kier molecular flexibility index (Phi) is 4.29. The fourth-order valence-corrected chi connectivity index (χ4v) is 1.20. The highest BCUT2D eigenvalue weighted by molar-refractivity contribution is 5.84. The smallest absolute Gasteiger partial charge is 0.165 e. The zero-order valence-electron chi connectivity index (χ0n) is 7.89. The van der Waals surface area contributed by atoms with Crippen LogP contribution in [0.5, 0.6) is 0 Å². The van der Waals surface area contributed by atoms with Gasteiger partial charge in [-0.05, 0) is 5.56 Å². The van der Waals surface area contributed by atoms with Crippen molar-refractivity contribution in [3.63, 3.8) is 0 Å². The Morgan fingerprint density at radius 1 is 1.29 bits per heavy atom. The molecule has 3 heteroatoms. The summed E-state index contributed by atoms with van der Waals surface area (Å²) in [6.07, 6.45) is -0.701. The van der Waals surface area contributed by atoms with Crippen LogP contribution in [0.15, 0.2) is 30.3 Å². The molecule has 0 aliphatic carbocycles. The molecule has 3 nitrogen and oxygen atoms in total. The second kappa shape index (κ2) is 5.52. The minimum absolute atomic E-state index is 0.117. The molecule has 0 saturated carbocycles. The first kappa shape index (κ1) is 10.9. The fraction of sp³-hybridized carbons (Fsp3) is 0.364. The van der Waals surface area contributed by atoms with Gasteiger partial charge < -0.3 is 10.2 Å². The summed E-state index contributed by atoms with van der Waals surface area (Å²) in [5.41, 5.74) is 0.884. The van der Waals surface area contributed by atoms with Crippen LogP contribution in [0.25, 0.3) is 0 Å². The highest BCUT2D eigenvalue weighted by atomic mass is 16.3. The normalized spacial score (nSPS) is 12.4. The molecule has 0 aliphatic rings. The number of hydrogen-bond acceptors (Lipinski definition) is 3. The lowest BCUT2D eigenvalue weighted by Gasteiger charge is -2.07. The molecular formula is C11H14O3.